The first-order valence-corrected chi connectivity index (χ1v) is 9.20. The lowest BCUT2D eigenvalue weighted by Crippen LogP contribution is -2.37. The van der Waals surface area contributed by atoms with Gasteiger partial charge in [0, 0.05) is 25.3 Å². The van der Waals surface area contributed by atoms with E-state index < -0.39 is 10.0 Å². The zero-order chi connectivity index (χ0) is 15.8. The summed E-state index contributed by atoms with van der Waals surface area (Å²) >= 11 is 0. The maximum absolute atomic E-state index is 12.2. The maximum atomic E-state index is 12.2. The number of nitrogens with one attached hydrogen (secondary N) is 2. The highest BCUT2D eigenvalue weighted by atomic mass is 35.5. The van der Waals surface area contributed by atoms with Crippen LogP contribution in [0.4, 0.5) is 0 Å². The van der Waals surface area contributed by atoms with Gasteiger partial charge in [0.05, 0.1) is 0 Å². The third-order valence-corrected chi connectivity index (χ3v) is 5.36. The van der Waals surface area contributed by atoms with Gasteiger partial charge in [-0.2, -0.15) is 5.26 Å². The third kappa shape index (κ3) is 6.07. The molecule has 2 N–H and O–H groups in total. The minimum absolute atomic E-state index is 0. The van der Waals surface area contributed by atoms with Crippen molar-refractivity contribution in [3.63, 3.8) is 0 Å². The van der Waals surface area contributed by atoms with Crippen molar-refractivity contribution in [2.24, 2.45) is 0 Å². The predicted molar refractivity (Wildman–Crippen MR) is 90.9 cm³/mol. The average molecular weight is 359 g/mol. The number of aromatic nitrogens is 1. The fourth-order valence-corrected chi connectivity index (χ4v) is 3.85. The summed E-state index contributed by atoms with van der Waals surface area (Å²) < 4.78 is 26.9. The van der Waals surface area contributed by atoms with Crippen molar-refractivity contribution in [1.82, 2.24) is 15.0 Å². The summed E-state index contributed by atoms with van der Waals surface area (Å²) in [6.45, 7) is 0.893. The Hall–Kier alpha value is -1.20. The van der Waals surface area contributed by atoms with Gasteiger partial charge in [-0.3, -0.25) is 0 Å². The highest BCUT2D eigenvalue weighted by molar-refractivity contribution is 7.89. The van der Waals surface area contributed by atoms with Crippen LogP contribution in [-0.2, 0) is 10.0 Å². The lowest BCUT2D eigenvalue weighted by molar-refractivity contribution is 0.461. The molecule has 1 aliphatic rings. The van der Waals surface area contributed by atoms with Crippen LogP contribution in [0.1, 0.15) is 44.2 Å². The second kappa shape index (κ2) is 9.83. The molecule has 0 unspecified atom stereocenters. The molecule has 0 spiro atoms. The van der Waals surface area contributed by atoms with Gasteiger partial charge in [-0.1, -0.05) is 25.7 Å². The minimum Gasteiger partial charge on any atom is -0.313 e. The molecular formula is C15H23ClN4O2S. The Labute approximate surface area is 144 Å². The van der Waals surface area contributed by atoms with Gasteiger partial charge in [-0.15, -0.1) is 12.4 Å². The number of hydrogen-bond donors (Lipinski definition) is 2. The Morgan fingerprint density at radius 2 is 1.91 bits per heavy atom. The molecule has 23 heavy (non-hydrogen) atoms. The fraction of sp³-hybridized carbons (Fsp3) is 0.600. The first kappa shape index (κ1) is 19.8. The third-order valence-electron chi connectivity index (χ3n) is 3.87. The Balaban J connectivity index is 0.00000264. The van der Waals surface area contributed by atoms with Crippen LogP contribution in [0.5, 0.6) is 0 Å². The topological polar surface area (TPSA) is 94.9 Å². The second-order valence-electron chi connectivity index (χ2n) is 5.50. The minimum atomic E-state index is -3.69. The normalized spacial score (nSPS) is 16.1. The average Bonchev–Trinajstić information content (AvgIpc) is 2.80. The van der Waals surface area contributed by atoms with Crippen molar-refractivity contribution in [3.8, 4) is 6.07 Å². The van der Waals surface area contributed by atoms with Crippen molar-refractivity contribution in [2.75, 3.05) is 13.1 Å². The standard InChI is InChI=1S/C15H22N4O2S.ClH/c16-12-14-15(8-5-9-18-14)22(20,21)19-11-10-17-13-6-3-1-2-4-7-13;/h5,8-9,13,17,19H,1-4,6-7,10-11H2;1H. The molecular weight excluding hydrogens is 336 g/mol. The van der Waals surface area contributed by atoms with Crippen LogP contribution < -0.4 is 10.0 Å². The Morgan fingerprint density at radius 1 is 1.22 bits per heavy atom. The maximum Gasteiger partial charge on any atom is 0.243 e. The molecule has 0 saturated heterocycles. The predicted octanol–water partition coefficient (Wildman–Crippen LogP) is 1.97. The first-order valence-electron chi connectivity index (χ1n) is 7.71. The van der Waals surface area contributed by atoms with E-state index in [2.05, 4.69) is 15.0 Å². The number of nitriles is 1. The van der Waals surface area contributed by atoms with Crippen molar-refractivity contribution in [1.29, 1.82) is 5.26 Å². The number of nitrogens with zero attached hydrogens (tertiary/aromatic N) is 2. The Kier molecular flexibility index (Phi) is 8.48. The summed E-state index contributed by atoms with van der Waals surface area (Å²) in [4.78, 5) is 3.72. The van der Waals surface area contributed by atoms with E-state index in [9.17, 15) is 8.42 Å². The SMILES string of the molecule is Cl.N#Cc1ncccc1S(=O)(=O)NCCNC1CCCCCC1. The van der Waals surface area contributed by atoms with Gasteiger partial charge >= 0.3 is 0 Å². The molecule has 1 fully saturated rings. The molecule has 0 radical (unpaired) electrons. The smallest absolute Gasteiger partial charge is 0.243 e. The molecule has 1 aromatic heterocycles. The quantitative estimate of drug-likeness (QED) is 0.598. The molecule has 0 aliphatic heterocycles. The number of pyridine rings is 1. The molecule has 1 saturated carbocycles. The highest BCUT2D eigenvalue weighted by Crippen LogP contribution is 2.17. The van der Waals surface area contributed by atoms with E-state index in [1.807, 2.05) is 0 Å². The van der Waals surface area contributed by atoms with Crippen molar-refractivity contribution in [2.45, 2.75) is 49.5 Å². The molecule has 1 aliphatic carbocycles. The summed E-state index contributed by atoms with van der Waals surface area (Å²) in [6, 6.07) is 5.20. The van der Waals surface area contributed by atoms with Crippen LogP contribution in [0.2, 0.25) is 0 Å². The summed E-state index contributed by atoms with van der Waals surface area (Å²) in [5.41, 5.74) is -0.0771. The van der Waals surface area contributed by atoms with Crippen LogP contribution in [0.3, 0.4) is 0 Å². The van der Waals surface area contributed by atoms with Gasteiger partial charge in [-0.05, 0) is 25.0 Å². The number of sulfonamides is 1. The van der Waals surface area contributed by atoms with Gasteiger partial charge in [0.2, 0.25) is 10.0 Å². The van der Waals surface area contributed by atoms with Gasteiger partial charge in [0.25, 0.3) is 0 Å². The van der Waals surface area contributed by atoms with Crippen LogP contribution in [0.15, 0.2) is 23.2 Å². The lowest BCUT2D eigenvalue weighted by atomic mass is 10.1. The van der Waals surface area contributed by atoms with Crippen LogP contribution in [0, 0.1) is 11.3 Å². The molecule has 2 rings (SSSR count). The molecule has 8 heteroatoms. The van der Waals surface area contributed by atoms with Crippen LogP contribution >= 0.6 is 12.4 Å². The van der Waals surface area contributed by atoms with Crippen LogP contribution in [-0.4, -0.2) is 32.5 Å². The monoisotopic (exact) mass is 358 g/mol. The van der Waals surface area contributed by atoms with E-state index in [0.29, 0.717) is 19.1 Å². The van der Waals surface area contributed by atoms with Crippen molar-refractivity contribution < 1.29 is 8.42 Å². The van der Waals surface area contributed by atoms with E-state index in [1.54, 1.807) is 6.07 Å². The highest BCUT2D eigenvalue weighted by Gasteiger charge is 2.19. The van der Waals surface area contributed by atoms with Gasteiger partial charge < -0.3 is 5.32 Å². The van der Waals surface area contributed by atoms with Gasteiger partial charge in [-0.25, -0.2) is 18.1 Å². The molecule has 0 atom stereocenters. The van der Waals surface area contributed by atoms with Gasteiger partial charge in [0.1, 0.15) is 11.0 Å². The molecule has 1 aromatic rings. The Bertz CT molecular complexity index is 623. The summed E-state index contributed by atoms with van der Waals surface area (Å²) in [5.74, 6) is 0. The molecule has 0 amide bonds. The van der Waals surface area contributed by atoms with E-state index in [-0.39, 0.29) is 23.0 Å². The van der Waals surface area contributed by atoms with Crippen molar-refractivity contribution in [3.05, 3.63) is 24.0 Å². The first-order chi connectivity index (χ1) is 10.6. The molecule has 128 valence electrons. The largest absolute Gasteiger partial charge is 0.313 e. The summed E-state index contributed by atoms with van der Waals surface area (Å²) in [6.07, 6.45) is 8.80. The molecule has 0 bridgehead atoms. The van der Waals surface area contributed by atoms with Gasteiger partial charge in [0.15, 0.2) is 5.69 Å². The molecule has 1 heterocycles. The summed E-state index contributed by atoms with van der Waals surface area (Å²) in [5, 5.41) is 12.3. The zero-order valence-corrected chi connectivity index (χ0v) is 14.6. The Morgan fingerprint density at radius 3 is 2.57 bits per heavy atom. The van der Waals surface area contributed by atoms with E-state index in [0.717, 1.165) is 12.8 Å². The van der Waals surface area contributed by atoms with Crippen molar-refractivity contribution >= 4 is 22.4 Å². The number of halogens is 1. The fourth-order valence-electron chi connectivity index (χ4n) is 2.71. The molecule has 6 nitrogen and oxygen atoms in total. The summed E-state index contributed by atoms with van der Waals surface area (Å²) in [7, 11) is -3.69. The lowest BCUT2D eigenvalue weighted by Gasteiger charge is -2.16. The van der Waals surface area contributed by atoms with E-state index >= 15 is 0 Å². The zero-order valence-electron chi connectivity index (χ0n) is 13.0. The van der Waals surface area contributed by atoms with E-state index in [4.69, 9.17) is 5.26 Å². The van der Waals surface area contributed by atoms with E-state index in [1.165, 1.54) is 44.0 Å². The second-order valence-corrected chi connectivity index (χ2v) is 7.24. The van der Waals surface area contributed by atoms with Crippen LogP contribution in [0.25, 0.3) is 0 Å². The number of rotatable bonds is 6. The number of hydrogen-bond acceptors (Lipinski definition) is 5. The molecule has 0 aromatic carbocycles.